The molecule has 0 bridgehead atoms. The summed E-state index contributed by atoms with van der Waals surface area (Å²) in [5.41, 5.74) is -0.0287. The topological polar surface area (TPSA) is 115 Å². The number of para-hydroxylation sites is 1. The van der Waals surface area contributed by atoms with Gasteiger partial charge in [-0.3, -0.25) is 10.1 Å². The Hall–Kier alpha value is -3.03. The van der Waals surface area contributed by atoms with E-state index in [9.17, 15) is 25.1 Å². The number of aromatic hydroxyl groups is 2. The molecule has 0 atom stereocenters. The van der Waals surface area contributed by atoms with Gasteiger partial charge >= 0.3 is 5.97 Å². The maximum Gasteiger partial charge on any atom is 0.337 e. The maximum atomic E-state index is 11.7. The van der Waals surface area contributed by atoms with Gasteiger partial charge in [0.15, 0.2) is 0 Å². The van der Waals surface area contributed by atoms with Crippen LogP contribution in [0.5, 0.6) is 11.8 Å². The van der Waals surface area contributed by atoms with Gasteiger partial charge in [-0.1, -0.05) is 18.2 Å². The molecular formula is C12H10N2O6. The monoisotopic (exact) mass is 278 g/mol. The van der Waals surface area contributed by atoms with E-state index in [0.717, 1.165) is 12.1 Å². The van der Waals surface area contributed by atoms with Crippen molar-refractivity contribution < 1.29 is 24.8 Å². The summed E-state index contributed by atoms with van der Waals surface area (Å²) in [5, 5.41) is 29.4. The van der Waals surface area contributed by atoms with Gasteiger partial charge in [-0.05, 0) is 0 Å². The molecule has 1 heterocycles. The highest BCUT2D eigenvalue weighted by Gasteiger charge is 2.18. The molecule has 0 aliphatic heterocycles. The van der Waals surface area contributed by atoms with E-state index >= 15 is 0 Å². The number of rotatable bonds is 4. The Labute approximate surface area is 112 Å². The summed E-state index contributed by atoms with van der Waals surface area (Å²) in [4.78, 5) is 26.6. The predicted octanol–water partition coefficient (Wildman–Crippen LogP) is 1.01. The molecule has 8 heteroatoms. The average Bonchev–Trinajstić information content (AvgIpc) is 2.71. The highest BCUT2D eigenvalue weighted by atomic mass is 16.7. The van der Waals surface area contributed by atoms with E-state index in [0.29, 0.717) is 4.73 Å². The lowest BCUT2D eigenvalue weighted by molar-refractivity contribution is -0.385. The molecule has 0 saturated heterocycles. The van der Waals surface area contributed by atoms with E-state index in [2.05, 4.69) is 0 Å². The molecule has 1 aromatic heterocycles. The molecule has 0 spiro atoms. The zero-order valence-corrected chi connectivity index (χ0v) is 10.1. The first kappa shape index (κ1) is 13.4. The maximum absolute atomic E-state index is 11.7. The van der Waals surface area contributed by atoms with Crippen molar-refractivity contribution in [1.82, 2.24) is 4.73 Å². The van der Waals surface area contributed by atoms with E-state index in [1.165, 1.54) is 18.2 Å². The summed E-state index contributed by atoms with van der Waals surface area (Å²) in [6.45, 7) is 0. The zero-order valence-electron chi connectivity index (χ0n) is 10.1. The van der Waals surface area contributed by atoms with E-state index in [4.69, 9.17) is 4.84 Å². The molecule has 2 aromatic rings. The van der Waals surface area contributed by atoms with Gasteiger partial charge in [0.2, 0.25) is 11.8 Å². The van der Waals surface area contributed by atoms with Gasteiger partial charge in [0.1, 0.15) is 0 Å². The third-order valence-corrected chi connectivity index (χ3v) is 2.51. The molecule has 8 nitrogen and oxygen atoms in total. The Morgan fingerprint density at radius 2 is 1.80 bits per heavy atom. The molecule has 0 aliphatic rings. The second-order valence-electron chi connectivity index (χ2n) is 3.87. The van der Waals surface area contributed by atoms with Crippen LogP contribution < -0.4 is 4.84 Å². The molecule has 104 valence electrons. The number of hydrogen-bond donors (Lipinski definition) is 2. The van der Waals surface area contributed by atoms with E-state index in [1.807, 2.05) is 0 Å². The van der Waals surface area contributed by atoms with Crippen molar-refractivity contribution in [3.05, 3.63) is 52.1 Å². The first-order valence-corrected chi connectivity index (χ1v) is 5.52. The van der Waals surface area contributed by atoms with Crippen LogP contribution in [0.15, 0.2) is 36.4 Å². The van der Waals surface area contributed by atoms with Crippen molar-refractivity contribution in [2.24, 2.45) is 0 Å². The number of nitro benzene ring substituents is 1. The minimum absolute atomic E-state index is 0.175. The van der Waals surface area contributed by atoms with Crippen molar-refractivity contribution in [2.75, 3.05) is 0 Å². The van der Waals surface area contributed by atoms with Crippen molar-refractivity contribution in [3.8, 4) is 11.8 Å². The smallest absolute Gasteiger partial charge is 0.337 e. The van der Waals surface area contributed by atoms with Crippen molar-refractivity contribution in [2.45, 2.75) is 6.42 Å². The number of carbonyl (C=O) groups excluding carboxylic acids is 1. The van der Waals surface area contributed by atoms with Crippen LogP contribution in [0.1, 0.15) is 5.56 Å². The first-order valence-electron chi connectivity index (χ1n) is 5.52. The van der Waals surface area contributed by atoms with Crippen molar-refractivity contribution in [3.63, 3.8) is 0 Å². The van der Waals surface area contributed by atoms with Crippen LogP contribution in [-0.4, -0.2) is 25.8 Å². The molecule has 2 rings (SSSR count). The van der Waals surface area contributed by atoms with Crippen LogP contribution in [0.3, 0.4) is 0 Å². The van der Waals surface area contributed by atoms with E-state index in [-0.39, 0.29) is 17.7 Å². The Kier molecular flexibility index (Phi) is 3.56. The fourth-order valence-electron chi connectivity index (χ4n) is 1.62. The Morgan fingerprint density at radius 3 is 2.40 bits per heavy atom. The number of nitrogens with zero attached hydrogens (tertiary/aromatic N) is 2. The van der Waals surface area contributed by atoms with Crippen LogP contribution in [0.25, 0.3) is 0 Å². The van der Waals surface area contributed by atoms with Gasteiger partial charge in [-0.25, -0.2) is 4.79 Å². The highest BCUT2D eigenvalue weighted by molar-refractivity contribution is 5.74. The predicted molar refractivity (Wildman–Crippen MR) is 66.1 cm³/mol. The quantitative estimate of drug-likeness (QED) is 0.637. The third-order valence-electron chi connectivity index (χ3n) is 2.51. The van der Waals surface area contributed by atoms with Gasteiger partial charge in [0.05, 0.1) is 11.3 Å². The summed E-state index contributed by atoms with van der Waals surface area (Å²) in [7, 11) is 0. The number of hydrogen-bond acceptors (Lipinski definition) is 6. The summed E-state index contributed by atoms with van der Waals surface area (Å²) >= 11 is 0. The van der Waals surface area contributed by atoms with Gasteiger partial charge in [0, 0.05) is 23.8 Å². The Bertz CT molecular complexity index is 644. The lowest BCUT2D eigenvalue weighted by Gasteiger charge is -2.07. The molecule has 0 aliphatic carbocycles. The highest BCUT2D eigenvalue weighted by Crippen LogP contribution is 2.21. The van der Waals surface area contributed by atoms with E-state index in [1.54, 1.807) is 6.07 Å². The fraction of sp³-hybridized carbons (Fsp3) is 0.0833. The number of benzene rings is 1. The molecule has 0 fully saturated rings. The van der Waals surface area contributed by atoms with Gasteiger partial charge < -0.3 is 15.1 Å². The second kappa shape index (κ2) is 5.31. The van der Waals surface area contributed by atoms with Crippen molar-refractivity contribution >= 4 is 11.7 Å². The molecule has 0 amide bonds. The molecule has 0 saturated carbocycles. The van der Waals surface area contributed by atoms with Crippen LogP contribution in [0.2, 0.25) is 0 Å². The zero-order chi connectivity index (χ0) is 14.7. The largest absolute Gasteiger partial charge is 0.492 e. The van der Waals surface area contributed by atoms with Crippen LogP contribution >= 0.6 is 0 Å². The summed E-state index contributed by atoms with van der Waals surface area (Å²) in [5.74, 6) is -1.78. The Morgan fingerprint density at radius 1 is 1.20 bits per heavy atom. The molecule has 0 unspecified atom stereocenters. The fourth-order valence-corrected chi connectivity index (χ4v) is 1.62. The van der Waals surface area contributed by atoms with Gasteiger partial charge in [0.25, 0.3) is 5.69 Å². The summed E-state index contributed by atoms with van der Waals surface area (Å²) < 4.78 is 0.525. The molecular weight excluding hydrogens is 268 g/mol. The van der Waals surface area contributed by atoms with Crippen LogP contribution in [-0.2, 0) is 11.2 Å². The molecule has 20 heavy (non-hydrogen) atoms. The van der Waals surface area contributed by atoms with Gasteiger partial charge in [-0.2, -0.15) is 0 Å². The lowest BCUT2D eigenvalue weighted by Crippen LogP contribution is -2.21. The number of carbonyl (C=O) groups is 1. The van der Waals surface area contributed by atoms with Crippen LogP contribution in [0.4, 0.5) is 5.69 Å². The van der Waals surface area contributed by atoms with Crippen molar-refractivity contribution in [1.29, 1.82) is 0 Å². The average molecular weight is 278 g/mol. The summed E-state index contributed by atoms with van der Waals surface area (Å²) in [6, 6.07) is 8.00. The molecule has 0 radical (unpaired) electrons. The Balaban J connectivity index is 2.15. The lowest BCUT2D eigenvalue weighted by atomic mass is 10.1. The van der Waals surface area contributed by atoms with Crippen LogP contribution in [0, 0.1) is 10.1 Å². The minimum atomic E-state index is -0.860. The normalized spacial score (nSPS) is 10.2. The number of nitro groups is 1. The molecule has 2 N–H and O–H groups in total. The van der Waals surface area contributed by atoms with Gasteiger partial charge in [-0.15, -0.1) is 4.73 Å². The third kappa shape index (κ3) is 2.69. The molecule has 1 aromatic carbocycles. The van der Waals surface area contributed by atoms with E-state index < -0.39 is 22.7 Å². The second-order valence-corrected chi connectivity index (χ2v) is 3.87. The summed E-state index contributed by atoms with van der Waals surface area (Å²) in [6.07, 6.45) is -0.367. The first-order chi connectivity index (χ1) is 9.49. The SMILES string of the molecule is O=C(Cc1ccccc1[N+](=O)[O-])On1c(O)ccc1O. The standard InChI is InChI=1S/C12H10N2O6/c15-10-5-6-11(16)13(10)20-12(17)7-8-3-1-2-4-9(8)14(18)19/h1-6,15-16H,7H2. The minimum Gasteiger partial charge on any atom is -0.492 e. The number of aromatic nitrogens is 1.